The lowest BCUT2D eigenvalue weighted by atomic mass is 10.1. The van der Waals surface area contributed by atoms with E-state index in [9.17, 15) is 14.0 Å². The second-order valence-corrected chi connectivity index (χ2v) is 6.97. The van der Waals surface area contributed by atoms with E-state index in [0.29, 0.717) is 32.0 Å². The van der Waals surface area contributed by atoms with E-state index in [1.165, 1.54) is 6.07 Å². The van der Waals surface area contributed by atoms with Gasteiger partial charge in [-0.1, -0.05) is 18.2 Å². The molecule has 3 aromatic rings. The topological polar surface area (TPSA) is 72.0 Å². The lowest BCUT2D eigenvalue weighted by molar-refractivity contribution is 0.0383. The number of halogens is 1. The highest BCUT2D eigenvalue weighted by molar-refractivity contribution is 7.20. The van der Waals surface area contributed by atoms with Crippen LogP contribution in [0.2, 0.25) is 0 Å². The molecule has 0 aliphatic heterocycles. The SMILES string of the molecule is Cc1c(C(=O)OC(C)C)sc2nc(Cc3ccccc3F)[nH]c(=O)c12. The molecule has 0 radical (unpaired) electrons. The Labute approximate surface area is 147 Å². The fraction of sp³-hybridized carbons (Fsp3) is 0.278. The summed E-state index contributed by atoms with van der Waals surface area (Å²) in [7, 11) is 0. The Balaban J connectivity index is 2.03. The number of aromatic amines is 1. The Kier molecular flexibility index (Phi) is 4.67. The molecule has 0 fully saturated rings. The van der Waals surface area contributed by atoms with Crippen LogP contribution in [0.4, 0.5) is 4.39 Å². The average Bonchev–Trinajstić information content (AvgIpc) is 2.86. The standard InChI is InChI=1S/C18H17FN2O3S/c1-9(2)24-18(23)15-10(3)14-16(22)20-13(21-17(14)25-15)8-11-6-4-5-7-12(11)19/h4-7,9H,8H2,1-3H3,(H,20,21,22). The van der Waals surface area contributed by atoms with Gasteiger partial charge in [-0.05, 0) is 38.0 Å². The fourth-order valence-corrected chi connectivity index (χ4v) is 3.64. The van der Waals surface area contributed by atoms with Crippen molar-refractivity contribution in [3.8, 4) is 0 Å². The van der Waals surface area contributed by atoms with Gasteiger partial charge in [-0.3, -0.25) is 4.79 Å². The van der Waals surface area contributed by atoms with E-state index in [1.54, 1.807) is 39.0 Å². The molecule has 1 N–H and O–H groups in total. The zero-order valence-electron chi connectivity index (χ0n) is 14.1. The number of thiophene rings is 1. The molecule has 130 valence electrons. The van der Waals surface area contributed by atoms with Crippen LogP contribution in [0.5, 0.6) is 0 Å². The van der Waals surface area contributed by atoms with Crippen molar-refractivity contribution in [3.63, 3.8) is 0 Å². The summed E-state index contributed by atoms with van der Waals surface area (Å²) >= 11 is 1.12. The summed E-state index contributed by atoms with van der Waals surface area (Å²) in [6, 6.07) is 6.34. The number of hydrogen-bond donors (Lipinski definition) is 1. The van der Waals surface area contributed by atoms with Crippen LogP contribution in [0.15, 0.2) is 29.1 Å². The molecule has 0 bridgehead atoms. The Morgan fingerprint density at radius 2 is 2.08 bits per heavy atom. The first kappa shape index (κ1) is 17.3. The van der Waals surface area contributed by atoms with Crippen molar-refractivity contribution < 1.29 is 13.9 Å². The normalized spacial score (nSPS) is 11.2. The molecule has 0 amide bonds. The molecule has 0 saturated carbocycles. The van der Waals surface area contributed by atoms with E-state index in [4.69, 9.17) is 4.74 Å². The summed E-state index contributed by atoms with van der Waals surface area (Å²) in [6.45, 7) is 5.22. The largest absolute Gasteiger partial charge is 0.459 e. The Bertz CT molecular complexity index is 1010. The molecule has 3 rings (SSSR count). The van der Waals surface area contributed by atoms with Crippen LogP contribution >= 0.6 is 11.3 Å². The van der Waals surface area contributed by atoms with E-state index in [2.05, 4.69) is 9.97 Å². The summed E-state index contributed by atoms with van der Waals surface area (Å²) < 4.78 is 19.0. The third-order valence-corrected chi connectivity index (χ3v) is 4.86. The van der Waals surface area contributed by atoms with Gasteiger partial charge in [0.15, 0.2) is 0 Å². The summed E-state index contributed by atoms with van der Waals surface area (Å²) in [5.74, 6) is -0.466. The van der Waals surface area contributed by atoms with Gasteiger partial charge in [0.05, 0.1) is 11.5 Å². The molecule has 2 aromatic heterocycles. The van der Waals surface area contributed by atoms with Crippen molar-refractivity contribution in [2.24, 2.45) is 0 Å². The molecule has 0 atom stereocenters. The summed E-state index contributed by atoms with van der Waals surface area (Å²) in [6.07, 6.45) is -0.0828. The zero-order valence-corrected chi connectivity index (χ0v) is 14.9. The number of hydrogen-bond acceptors (Lipinski definition) is 5. The fourth-order valence-electron chi connectivity index (χ4n) is 2.56. The van der Waals surface area contributed by atoms with Crippen molar-refractivity contribution in [2.45, 2.75) is 33.3 Å². The Morgan fingerprint density at radius 3 is 2.76 bits per heavy atom. The van der Waals surface area contributed by atoms with Crippen LogP contribution in [0, 0.1) is 12.7 Å². The van der Waals surface area contributed by atoms with E-state index in [0.717, 1.165) is 11.3 Å². The maximum Gasteiger partial charge on any atom is 0.348 e. The molecular formula is C18H17FN2O3S. The van der Waals surface area contributed by atoms with E-state index in [-0.39, 0.29) is 23.9 Å². The van der Waals surface area contributed by atoms with Gasteiger partial charge in [-0.2, -0.15) is 0 Å². The van der Waals surface area contributed by atoms with Gasteiger partial charge in [0, 0.05) is 6.42 Å². The van der Waals surface area contributed by atoms with Crippen LogP contribution < -0.4 is 5.56 Å². The predicted octanol–water partition coefficient (Wildman–Crippen LogP) is 3.59. The van der Waals surface area contributed by atoms with Crippen LogP contribution in [-0.2, 0) is 11.2 Å². The smallest absolute Gasteiger partial charge is 0.348 e. The summed E-state index contributed by atoms with van der Waals surface area (Å²) in [5.41, 5.74) is 0.656. The quantitative estimate of drug-likeness (QED) is 0.722. The number of esters is 1. The first-order valence-electron chi connectivity index (χ1n) is 7.83. The molecule has 7 heteroatoms. The highest BCUT2D eigenvalue weighted by Crippen LogP contribution is 2.28. The maximum atomic E-state index is 13.8. The molecule has 0 saturated heterocycles. The van der Waals surface area contributed by atoms with Gasteiger partial charge < -0.3 is 9.72 Å². The third-order valence-electron chi connectivity index (χ3n) is 3.69. The minimum Gasteiger partial charge on any atom is -0.459 e. The molecular weight excluding hydrogens is 343 g/mol. The number of benzene rings is 1. The molecule has 0 spiro atoms. The Morgan fingerprint density at radius 1 is 1.36 bits per heavy atom. The van der Waals surface area contributed by atoms with Crippen molar-refractivity contribution in [3.05, 3.63) is 62.3 Å². The number of ether oxygens (including phenoxy) is 1. The molecule has 0 aliphatic rings. The van der Waals surface area contributed by atoms with Crippen LogP contribution in [0.3, 0.4) is 0 Å². The third kappa shape index (κ3) is 3.46. The van der Waals surface area contributed by atoms with E-state index < -0.39 is 5.97 Å². The number of aromatic nitrogens is 2. The van der Waals surface area contributed by atoms with Gasteiger partial charge in [-0.25, -0.2) is 14.2 Å². The number of fused-ring (bicyclic) bond motifs is 1. The van der Waals surface area contributed by atoms with Crippen LogP contribution in [-0.4, -0.2) is 22.0 Å². The van der Waals surface area contributed by atoms with Gasteiger partial charge in [-0.15, -0.1) is 11.3 Å². The molecule has 0 aliphatic carbocycles. The average molecular weight is 360 g/mol. The van der Waals surface area contributed by atoms with Gasteiger partial charge in [0.25, 0.3) is 5.56 Å². The molecule has 5 nitrogen and oxygen atoms in total. The minimum atomic E-state index is -0.467. The number of carbonyl (C=O) groups excluding carboxylic acids is 1. The Hall–Kier alpha value is -2.54. The van der Waals surface area contributed by atoms with Crippen molar-refractivity contribution in [2.75, 3.05) is 0 Å². The summed E-state index contributed by atoms with van der Waals surface area (Å²) in [5, 5.41) is 0.373. The minimum absolute atomic E-state index is 0.167. The number of aryl methyl sites for hydroxylation is 1. The van der Waals surface area contributed by atoms with Crippen LogP contribution in [0.1, 0.15) is 40.5 Å². The lowest BCUT2D eigenvalue weighted by Crippen LogP contribution is -2.13. The van der Waals surface area contributed by atoms with Crippen molar-refractivity contribution in [1.29, 1.82) is 0 Å². The second-order valence-electron chi connectivity index (χ2n) is 5.97. The monoisotopic (exact) mass is 360 g/mol. The van der Waals surface area contributed by atoms with E-state index >= 15 is 0 Å². The lowest BCUT2D eigenvalue weighted by Gasteiger charge is -2.06. The zero-order chi connectivity index (χ0) is 18.1. The predicted molar refractivity (Wildman–Crippen MR) is 94.7 cm³/mol. The van der Waals surface area contributed by atoms with E-state index in [1.807, 2.05) is 0 Å². The molecule has 1 aromatic carbocycles. The molecule has 0 unspecified atom stereocenters. The number of H-pyrrole nitrogens is 1. The van der Waals surface area contributed by atoms with Crippen LogP contribution in [0.25, 0.3) is 10.2 Å². The number of rotatable bonds is 4. The maximum absolute atomic E-state index is 13.8. The first-order valence-corrected chi connectivity index (χ1v) is 8.65. The summed E-state index contributed by atoms with van der Waals surface area (Å²) in [4.78, 5) is 32.5. The van der Waals surface area contributed by atoms with Gasteiger partial charge in [0.1, 0.15) is 21.3 Å². The number of carbonyl (C=O) groups is 1. The van der Waals surface area contributed by atoms with Crippen molar-refractivity contribution >= 4 is 27.5 Å². The highest BCUT2D eigenvalue weighted by atomic mass is 32.1. The van der Waals surface area contributed by atoms with Gasteiger partial charge >= 0.3 is 5.97 Å². The highest BCUT2D eigenvalue weighted by Gasteiger charge is 2.21. The number of nitrogens with zero attached hydrogens (tertiary/aromatic N) is 1. The molecule has 2 heterocycles. The van der Waals surface area contributed by atoms with Gasteiger partial charge in [0.2, 0.25) is 0 Å². The van der Waals surface area contributed by atoms with Crippen molar-refractivity contribution in [1.82, 2.24) is 9.97 Å². The molecule has 25 heavy (non-hydrogen) atoms. The first-order chi connectivity index (χ1) is 11.9. The second kappa shape index (κ2) is 6.76. The number of nitrogens with one attached hydrogen (secondary N) is 1.